The summed E-state index contributed by atoms with van der Waals surface area (Å²) in [6.45, 7) is 3.54. The Labute approximate surface area is 194 Å². The van der Waals surface area contributed by atoms with Crippen LogP contribution in [0.15, 0.2) is 36.7 Å². The van der Waals surface area contributed by atoms with E-state index in [-0.39, 0.29) is 30.1 Å². The van der Waals surface area contributed by atoms with Gasteiger partial charge in [-0.2, -0.15) is 0 Å². The first-order chi connectivity index (χ1) is 16.0. The minimum absolute atomic E-state index is 0.0950. The molecule has 9 heteroatoms. The van der Waals surface area contributed by atoms with E-state index in [0.29, 0.717) is 31.5 Å². The molecule has 0 bridgehead atoms. The van der Waals surface area contributed by atoms with Gasteiger partial charge in [-0.25, -0.2) is 4.98 Å². The topological polar surface area (TPSA) is 119 Å². The highest BCUT2D eigenvalue weighted by atomic mass is 16.3. The summed E-state index contributed by atoms with van der Waals surface area (Å²) in [5.74, 6) is 0.259. The lowest BCUT2D eigenvalue weighted by Crippen LogP contribution is -2.42. The Morgan fingerprint density at radius 1 is 1.09 bits per heavy atom. The highest BCUT2D eigenvalue weighted by Crippen LogP contribution is 2.21. The second-order valence-corrected chi connectivity index (χ2v) is 8.86. The fourth-order valence-corrected chi connectivity index (χ4v) is 4.47. The van der Waals surface area contributed by atoms with E-state index in [2.05, 4.69) is 50.2 Å². The molecule has 4 N–H and O–H groups in total. The Balaban J connectivity index is 1.19. The molecule has 1 aromatic carbocycles. The zero-order valence-corrected chi connectivity index (χ0v) is 19.0. The van der Waals surface area contributed by atoms with Gasteiger partial charge in [0, 0.05) is 45.2 Å². The zero-order chi connectivity index (χ0) is 23.2. The Bertz CT molecular complexity index is 951. The van der Waals surface area contributed by atoms with Crippen LogP contribution in [0.2, 0.25) is 0 Å². The normalized spacial score (nSPS) is 17.5. The van der Waals surface area contributed by atoms with Crippen molar-refractivity contribution < 1.29 is 14.7 Å². The number of nitrogens with zero attached hydrogens (tertiary/aromatic N) is 3. The van der Waals surface area contributed by atoms with Crippen molar-refractivity contribution in [2.75, 3.05) is 31.5 Å². The monoisotopic (exact) mass is 452 g/mol. The van der Waals surface area contributed by atoms with Crippen LogP contribution in [0.4, 0.5) is 5.82 Å². The van der Waals surface area contributed by atoms with E-state index in [1.54, 1.807) is 13.1 Å². The third kappa shape index (κ3) is 6.27. The van der Waals surface area contributed by atoms with Crippen molar-refractivity contribution in [2.24, 2.45) is 0 Å². The van der Waals surface area contributed by atoms with Crippen LogP contribution < -0.4 is 16.0 Å². The molecule has 1 unspecified atom stereocenters. The second kappa shape index (κ2) is 10.7. The van der Waals surface area contributed by atoms with Gasteiger partial charge in [0.15, 0.2) is 0 Å². The van der Waals surface area contributed by atoms with Crippen LogP contribution in [-0.4, -0.2) is 76.2 Å². The third-order valence-corrected chi connectivity index (χ3v) is 6.35. The fraction of sp³-hybridized carbons (Fsp3) is 0.500. The number of hydrogen-bond acceptors (Lipinski definition) is 7. The van der Waals surface area contributed by atoms with Crippen LogP contribution in [0.1, 0.15) is 41.4 Å². The number of carbonyl (C=O) groups excluding carboxylic acids is 2. The van der Waals surface area contributed by atoms with Crippen LogP contribution in [0.5, 0.6) is 0 Å². The molecule has 9 nitrogen and oxygen atoms in total. The second-order valence-electron chi connectivity index (χ2n) is 8.86. The number of amides is 2. The predicted octanol–water partition coefficient (Wildman–Crippen LogP) is 0.747. The van der Waals surface area contributed by atoms with Gasteiger partial charge in [-0.3, -0.25) is 14.6 Å². The summed E-state index contributed by atoms with van der Waals surface area (Å²) in [6.07, 6.45) is 5.87. The molecule has 2 heterocycles. The molecule has 0 spiro atoms. The first kappa shape index (κ1) is 23.1. The molecule has 2 aromatic rings. The molecule has 4 rings (SSSR count). The lowest BCUT2D eigenvalue weighted by molar-refractivity contribution is -0.129. The van der Waals surface area contributed by atoms with Crippen molar-refractivity contribution in [3.8, 4) is 0 Å². The van der Waals surface area contributed by atoms with Crippen LogP contribution in [0, 0.1) is 0 Å². The summed E-state index contributed by atoms with van der Waals surface area (Å²) >= 11 is 0. The van der Waals surface area contributed by atoms with Crippen molar-refractivity contribution >= 4 is 17.6 Å². The Hall–Kier alpha value is -3.04. The number of benzene rings is 1. The van der Waals surface area contributed by atoms with Gasteiger partial charge in [-0.05, 0) is 36.8 Å². The van der Waals surface area contributed by atoms with E-state index in [1.807, 2.05) is 4.90 Å². The number of rotatable bonds is 8. The van der Waals surface area contributed by atoms with Gasteiger partial charge in [0.25, 0.3) is 5.91 Å². The molecule has 0 radical (unpaired) electrons. The fourth-order valence-electron chi connectivity index (χ4n) is 4.47. The number of piperidine rings is 1. The maximum absolute atomic E-state index is 12.5. The standard InChI is InChI=1S/C24H32N6O3/c1-16(31)30-8-6-19(7-9-30)28-23-15-25-14-22(29-23)24(33)27-13-21(32)12-26-20-10-17-4-2-3-5-18(17)11-20/h2-5,14-15,19-21,26,32H,6-13H2,1H3,(H,27,33)(H,28,29). The molecule has 1 aliphatic carbocycles. The summed E-state index contributed by atoms with van der Waals surface area (Å²) in [4.78, 5) is 34.3. The molecule has 176 valence electrons. The van der Waals surface area contributed by atoms with Crippen LogP contribution >= 0.6 is 0 Å². The smallest absolute Gasteiger partial charge is 0.271 e. The van der Waals surface area contributed by atoms with Gasteiger partial charge in [0.2, 0.25) is 5.91 Å². The Morgan fingerprint density at radius 3 is 2.45 bits per heavy atom. The average molecular weight is 453 g/mol. The van der Waals surface area contributed by atoms with E-state index < -0.39 is 6.10 Å². The Kier molecular flexibility index (Phi) is 7.51. The minimum atomic E-state index is -0.696. The maximum atomic E-state index is 12.5. The molecule has 1 fully saturated rings. The minimum Gasteiger partial charge on any atom is -0.390 e. The number of hydrogen-bond donors (Lipinski definition) is 4. The molecule has 1 saturated heterocycles. The first-order valence-corrected chi connectivity index (χ1v) is 11.6. The van der Waals surface area contributed by atoms with Gasteiger partial charge in [0.1, 0.15) is 11.5 Å². The van der Waals surface area contributed by atoms with Crippen molar-refractivity contribution in [2.45, 2.75) is 50.8 Å². The summed E-state index contributed by atoms with van der Waals surface area (Å²) in [5, 5.41) is 19.7. The predicted molar refractivity (Wildman–Crippen MR) is 125 cm³/mol. The van der Waals surface area contributed by atoms with Crippen LogP contribution in [0.25, 0.3) is 0 Å². The van der Waals surface area contributed by atoms with E-state index in [0.717, 1.165) is 25.7 Å². The van der Waals surface area contributed by atoms with Gasteiger partial charge >= 0.3 is 0 Å². The lowest BCUT2D eigenvalue weighted by atomic mass is 10.1. The van der Waals surface area contributed by atoms with Gasteiger partial charge in [-0.1, -0.05) is 24.3 Å². The Morgan fingerprint density at radius 2 is 1.79 bits per heavy atom. The highest BCUT2D eigenvalue weighted by molar-refractivity contribution is 5.92. The molecule has 33 heavy (non-hydrogen) atoms. The number of aliphatic hydroxyl groups is 1. The maximum Gasteiger partial charge on any atom is 0.271 e. The molecule has 0 saturated carbocycles. The van der Waals surface area contributed by atoms with Gasteiger partial charge < -0.3 is 26.0 Å². The van der Waals surface area contributed by atoms with Crippen LogP contribution in [0.3, 0.4) is 0 Å². The zero-order valence-electron chi connectivity index (χ0n) is 19.0. The number of likely N-dealkylation sites (tertiary alicyclic amines) is 1. The van der Waals surface area contributed by atoms with Crippen molar-refractivity contribution in [3.05, 3.63) is 53.5 Å². The van der Waals surface area contributed by atoms with Crippen molar-refractivity contribution in [1.29, 1.82) is 0 Å². The van der Waals surface area contributed by atoms with E-state index in [4.69, 9.17) is 0 Å². The molecule has 2 aliphatic rings. The molecule has 2 amide bonds. The highest BCUT2D eigenvalue weighted by Gasteiger charge is 2.22. The lowest BCUT2D eigenvalue weighted by Gasteiger charge is -2.31. The summed E-state index contributed by atoms with van der Waals surface area (Å²) in [5.41, 5.74) is 2.91. The number of nitrogens with one attached hydrogen (secondary N) is 3. The SMILES string of the molecule is CC(=O)N1CCC(Nc2cncc(C(=O)NCC(O)CNC3Cc4ccccc4C3)n2)CC1. The number of fused-ring (bicyclic) bond motifs is 1. The third-order valence-electron chi connectivity index (χ3n) is 6.35. The molecular weight excluding hydrogens is 420 g/mol. The number of anilines is 1. The molecule has 1 aromatic heterocycles. The van der Waals surface area contributed by atoms with Gasteiger partial charge in [0.05, 0.1) is 18.5 Å². The average Bonchev–Trinajstić information content (AvgIpc) is 3.25. The number of aromatic nitrogens is 2. The summed E-state index contributed by atoms with van der Waals surface area (Å²) in [6, 6.07) is 8.89. The van der Waals surface area contributed by atoms with E-state index >= 15 is 0 Å². The first-order valence-electron chi connectivity index (χ1n) is 11.6. The largest absolute Gasteiger partial charge is 0.390 e. The molecule has 1 atom stereocenters. The summed E-state index contributed by atoms with van der Waals surface area (Å²) < 4.78 is 0. The van der Waals surface area contributed by atoms with Gasteiger partial charge in [-0.15, -0.1) is 0 Å². The molecule has 1 aliphatic heterocycles. The molecular formula is C24H32N6O3. The quantitative estimate of drug-likeness (QED) is 0.467. The summed E-state index contributed by atoms with van der Waals surface area (Å²) in [7, 11) is 0. The van der Waals surface area contributed by atoms with E-state index in [9.17, 15) is 14.7 Å². The van der Waals surface area contributed by atoms with Crippen LogP contribution in [-0.2, 0) is 17.6 Å². The number of aliphatic hydroxyl groups excluding tert-OH is 1. The van der Waals surface area contributed by atoms with Crippen molar-refractivity contribution in [3.63, 3.8) is 0 Å². The number of carbonyl (C=O) groups is 2. The van der Waals surface area contributed by atoms with E-state index in [1.165, 1.54) is 17.3 Å². The van der Waals surface area contributed by atoms with Crippen molar-refractivity contribution in [1.82, 2.24) is 25.5 Å².